The van der Waals surface area contributed by atoms with Crippen molar-refractivity contribution in [2.24, 2.45) is 0 Å². The number of ether oxygens (including phenoxy) is 1. The van der Waals surface area contributed by atoms with Gasteiger partial charge in [0.15, 0.2) is 5.82 Å². The third-order valence-corrected chi connectivity index (χ3v) is 4.42. The number of hydrogen-bond donors (Lipinski definition) is 1. The van der Waals surface area contributed by atoms with Crippen molar-refractivity contribution in [2.45, 2.75) is 4.90 Å². The Morgan fingerprint density at radius 2 is 1.91 bits per heavy atom. The maximum atomic E-state index is 13.8. The van der Waals surface area contributed by atoms with Gasteiger partial charge in [0, 0.05) is 0 Å². The van der Waals surface area contributed by atoms with E-state index in [1.807, 2.05) is 0 Å². The lowest BCUT2D eigenvalue weighted by Crippen LogP contribution is -2.15. The van der Waals surface area contributed by atoms with Crippen molar-refractivity contribution in [2.75, 3.05) is 11.8 Å². The number of halogens is 2. The van der Waals surface area contributed by atoms with Gasteiger partial charge in [-0.3, -0.25) is 4.72 Å². The normalized spacial score (nSPS) is 11.0. The third-order valence-electron chi connectivity index (χ3n) is 2.76. The number of rotatable bonds is 4. The van der Waals surface area contributed by atoms with Crippen LogP contribution in [-0.4, -0.2) is 21.5 Å². The molecular formula is C14H11ClFNO4S. The summed E-state index contributed by atoms with van der Waals surface area (Å²) < 4.78 is 44.9. The SMILES string of the molecule is COC(=O)c1cccc(S(=O)(=O)Nc2cccc(Cl)c2F)c1. The molecule has 0 bridgehead atoms. The van der Waals surface area contributed by atoms with Gasteiger partial charge in [0.25, 0.3) is 10.0 Å². The largest absolute Gasteiger partial charge is 0.465 e. The van der Waals surface area contributed by atoms with Gasteiger partial charge in [-0.05, 0) is 30.3 Å². The van der Waals surface area contributed by atoms with E-state index in [0.29, 0.717) is 0 Å². The van der Waals surface area contributed by atoms with Crippen molar-refractivity contribution in [1.29, 1.82) is 0 Å². The Hall–Kier alpha value is -2.12. The van der Waals surface area contributed by atoms with E-state index in [0.717, 1.165) is 6.07 Å². The number of anilines is 1. The molecule has 0 fully saturated rings. The van der Waals surface area contributed by atoms with Crippen LogP contribution in [0.25, 0.3) is 0 Å². The summed E-state index contributed by atoms with van der Waals surface area (Å²) in [6, 6.07) is 9.15. The molecule has 0 amide bonds. The van der Waals surface area contributed by atoms with Gasteiger partial charge in [-0.1, -0.05) is 23.7 Å². The Balaban J connectivity index is 2.39. The second kappa shape index (κ2) is 6.33. The number of benzene rings is 2. The minimum absolute atomic E-state index is 0.0666. The first-order valence-electron chi connectivity index (χ1n) is 6.00. The van der Waals surface area contributed by atoms with Crippen LogP contribution in [0.1, 0.15) is 10.4 Å². The van der Waals surface area contributed by atoms with Gasteiger partial charge in [0.05, 0.1) is 28.3 Å². The van der Waals surface area contributed by atoms with Crippen LogP contribution in [0.4, 0.5) is 10.1 Å². The van der Waals surface area contributed by atoms with Crippen LogP contribution >= 0.6 is 11.6 Å². The first-order valence-corrected chi connectivity index (χ1v) is 7.86. The molecule has 0 saturated heterocycles. The van der Waals surface area contributed by atoms with Crippen LogP contribution in [0.3, 0.4) is 0 Å². The van der Waals surface area contributed by atoms with Gasteiger partial charge in [-0.2, -0.15) is 0 Å². The van der Waals surface area contributed by atoms with E-state index in [4.69, 9.17) is 11.6 Å². The van der Waals surface area contributed by atoms with Crippen molar-refractivity contribution in [3.63, 3.8) is 0 Å². The zero-order valence-electron chi connectivity index (χ0n) is 11.3. The summed E-state index contributed by atoms with van der Waals surface area (Å²) in [7, 11) is -2.89. The Labute approximate surface area is 131 Å². The Kier molecular flexibility index (Phi) is 4.68. The molecule has 116 valence electrons. The molecule has 0 atom stereocenters. The maximum absolute atomic E-state index is 13.8. The molecule has 0 aromatic heterocycles. The molecule has 0 aliphatic rings. The van der Waals surface area contributed by atoms with Crippen LogP contribution in [0.15, 0.2) is 47.4 Å². The van der Waals surface area contributed by atoms with E-state index in [9.17, 15) is 17.6 Å². The fraction of sp³-hybridized carbons (Fsp3) is 0.0714. The summed E-state index contributed by atoms with van der Waals surface area (Å²) in [5.41, 5.74) is -0.215. The maximum Gasteiger partial charge on any atom is 0.337 e. The van der Waals surface area contributed by atoms with Crippen LogP contribution in [-0.2, 0) is 14.8 Å². The second-order valence-corrected chi connectivity index (χ2v) is 6.32. The fourth-order valence-corrected chi connectivity index (χ4v) is 2.97. The molecule has 0 saturated carbocycles. The molecule has 0 heterocycles. The van der Waals surface area contributed by atoms with Crippen LogP contribution < -0.4 is 4.72 Å². The average molecular weight is 344 g/mol. The molecule has 0 spiro atoms. The summed E-state index contributed by atoms with van der Waals surface area (Å²) in [5.74, 6) is -1.55. The number of nitrogens with one attached hydrogen (secondary N) is 1. The standard InChI is InChI=1S/C14H11ClFNO4S/c1-21-14(18)9-4-2-5-10(8-9)22(19,20)17-12-7-3-6-11(15)13(12)16/h2-8,17H,1H3. The van der Waals surface area contributed by atoms with Crippen molar-refractivity contribution < 1.29 is 22.3 Å². The predicted octanol–water partition coefficient (Wildman–Crippen LogP) is 3.07. The highest BCUT2D eigenvalue weighted by molar-refractivity contribution is 7.92. The lowest BCUT2D eigenvalue weighted by molar-refractivity contribution is 0.0600. The lowest BCUT2D eigenvalue weighted by Gasteiger charge is -2.10. The van der Waals surface area contributed by atoms with Crippen LogP contribution in [0.5, 0.6) is 0 Å². The summed E-state index contributed by atoms with van der Waals surface area (Å²) in [5, 5.41) is -0.205. The quantitative estimate of drug-likeness (QED) is 0.866. The first kappa shape index (κ1) is 16.3. The summed E-state index contributed by atoms with van der Waals surface area (Å²) >= 11 is 5.60. The molecule has 1 N–H and O–H groups in total. The van der Waals surface area contributed by atoms with Gasteiger partial charge in [0.1, 0.15) is 0 Å². The Morgan fingerprint density at radius 3 is 2.59 bits per heavy atom. The number of carbonyl (C=O) groups excluding carboxylic acids is 1. The molecule has 22 heavy (non-hydrogen) atoms. The fourth-order valence-electron chi connectivity index (χ4n) is 1.69. The minimum Gasteiger partial charge on any atom is -0.465 e. The molecule has 0 aliphatic heterocycles. The first-order chi connectivity index (χ1) is 10.3. The number of sulfonamides is 1. The zero-order chi connectivity index (χ0) is 16.3. The third kappa shape index (κ3) is 3.37. The number of methoxy groups -OCH3 is 1. The molecule has 2 aromatic carbocycles. The summed E-state index contributed by atoms with van der Waals surface area (Å²) in [6.45, 7) is 0. The van der Waals surface area contributed by atoms with E-state index in [2.05, 4.69) is 9.46 Å². The van der Waals surface area contributed by atoms with Gasteiger partial charge < -0.3 is 4.74 Å². The highest BCUT2D eigenvalue weighted by atomic mass is 35.5. The van der Waals surface area contributed by atoms with Gasteiger partial charge in [0.2, 0.25) is 0 Å². The van der Waals surface area contributed by atoms with E-state index in [1.54, 1.807) is 0 Å². The summed E-state index contributed by atoms with van der Waals surface area (Å²) in [6.07, 6.45) is 0. The molecule has 2 aromatic rings. The van der Waals surface area contributed by atoms with Crippen molar-refractivity contribution >= 4 is 33.3 Å². The highest BCUT2D eigenvalue weighted by Crippen LogP contribution is 2.24. The minimum atomic E-state index is -4.07. The second-order valence-electron chi connectivity index (χ2n) is 4.23. The number of carbonyl (C=O) groups is 1. The monoisotopic (exact) mass is 343 g/mol. The van der Waals surface area contributed by atoms with E-state index in [-0.39, 0.29) is 21.2 Å². The zero-order valence-corrected chi connectivity index (χ0v) is 12.9. The van der Waals surface area contributed by atoms with Gasteiger partial charge in [-0.15, -0.1) is 0 Å². The molecule has 8 heteroatoms. The average Bonchev–Trinajstić information content (AvgIpc) is 2.51. The predicted molar refractivity (Wildman–Crippen MR) is 80.0 cm³/mol. The molecule has 0 unspecified atom stereocenters. The Morgan fingerprint density at radius 1 is 1.23 bits per heavy atom. The lowest BCUT2D eigenvalue weighted by atomic mass is 10.2. The topological polar surface area (TPSA) is 72.5 Å². The van der Waals surface area contributed by atoms with Crippen LogP contribution in [0, 0.1) is 5.82 Å². The molecular weight excluding hydrogens is 333 g/mol. The molecule has 0 aliphatic carbocycles. The molecule has 2 rings (SSSR count). The van der Waals surface area contributed by atoms with E-state index in [1.165, 1.54) is 43.5 Å². The molecule has 5 nitrogen and oxygen atoms in total. The smallest absolute Gasteiger partial charge is 0.337 e. The Bertz CT molecular complexity index is 823. The number of hydrogen-bond acceptors (Lipinski definition) is 4. The summed E-state index contributed by atoms with van der Waals surface area (Å²) in [4.78, 5) is 11.2. The van der Waals surface area contributed by atoms with E-state index >= 15 is 0 Å². The number of esters is 1. The van der Waals surface area contributed by atoms with Gasteiger partial charge >= 0.3 is 5.97 Å². The van der Waals surface area contributed by atoms with E-state index < -0.39 is 21.8 Å². The molecule has 0 radical (unpaired) electrons. The van der Waals surface area contributed by atoms with Crippen LogP contribution in [0.2, 0.25) is 5.02 Å². The van der Waals surface area contributed by atoms with Crippen molar-refractivity contribution in [3.05, 3.63) is 58.9 Å². The van der Waals surface area contributed by atoms with Crippen molar-refractivity contribution in [3.8, 4) is 0 Å². The van der Waals surface area contributed by atoms with Crippen molar-refractivity contribution in [1.82, 2.24) is 0 Å². The highest BCUT2D eigenvalue weighted by Gasteiger charge is 2.19. The van der Waals surface area contributed by atoms with Gasteiger partial charge in [-0.25, -0.2) is 17.6 Å².